The molecule has 0 radical (unpaired) electrons. The number of amides is 1. The summed E-state index contributed by atoms with van der Waals surface area (Å²) < 4.78 is 9.43. The maximum atomic E-state index is 12.0. The van der Waals surface area contributed by atoms with E-state index < -0.39 is 36.0 Å². The second-order valence-electron chi connectivity index (χ2n) is 4.58. The van der Waals surface area contributed by atoms with Gasteiger partial charge < -0.3 is 25.2 Å². The summed E-state index contributed by atoms with van der Waals surface area (Å²) in [5.74, 6) is -2.30. The molecule has 0 saturated carbocycles. The van der Waals surface area contributed by atoms with Gasteiger partial charge >= 0.3 is 11.9 Å². The summed E-state index contributed by atoms with van der Waals surface area (Å²) in [6.07, 6.45) is -0.311. The van der Waals surface area contributed by atoms with Crippen molar-refractivity contribution in [1.29, 1.82) is 0 Å². The highest BCUT2D eigenvalue weighted by atomic mass is 16.6. The van der Waals surface area contributed by atoms with Gasteiger partial charge in [0.25, 0.3) is 0 Å². The topological polar surface area (TPSA) is 114 Å². The molecule has 120 valence electrons. The van der Waals surface area contributed by atoms with Crippen molar-refractivity contribution >= 4 is 17.8 Å². The maximum absolute atomic E-state index is 12.0. The third-order valence-corrected chi connectivity index (χ3v) is 3.06. The molecule has 0 aromatic rings. The first-order valence-electron chi connectivity index (χ1n) is 7.06. The molecule has 0 aromatic carbocycles. The Morgan fingerprint density at radius 3 is 2.38 bits per heavy atom. The normalized spacial score (nSPS) is 20.4. The van der Waals surface area contributed by atoms with E-state index in [2.05, 4.69) is 15.4 Å². The van der Waals surface area contributed by atoms with E-state index in [1.807, 2.05) is 0 Å². The number of carbonyl (C=O) groups excluding carboxylic acids is 3. The second kappa shape index (κ2) is 8.58. The van der Waals surface area contributed by atoms with Crippen LogP contribution in [0.5, 0.6) is 0 Å². The Hall–Kier alpha value is -1.67. The lowest BCUT2D eigenvalue weighted by Crippen LogP contribution is -2.56. The van der Waals surface area contributed by atoms with Crippen LogP contribution < -0.4 is 10.6 Å². The van der Waals surface area contributed by atoms with Gasteiger partial charge in [0.1, 0.15) is 0 Å². The van der Waals surface area contributed by atoms with Gasteiger partial charge in [0.2, 0.25) is 5.91 Å². The first-order valence-corrected chi connectivity index (χ1v) is 7.06. The molecule has 1 heterocycles. The van der Waals surface area contributed by atoms with Crippen LogP contribution in [-0.4, -0.2) is 60.9 Å². The number of rotatable bonds is 7. The fourth-order valence-electron chi connectivity index (χ4n) is 2.02. The summed E-state index contributed by atoms with van der Waals surface area (Å²) >= 11 is 0. The molecule has 0 aromatic heterocycles. The monoisotopic (exact) mass is 302 g/mol. The number of aliphatic hydroxyl groups is 1. The molecule has 0 spiro atoms. The third kappa shape index (κ3) is 4.98. The summed E-state index contributed by atoms with van der Waals surface area (Å²) in [5.41, 5.74) is 0. The van der Waals surface area contributed by atoms with Gasteiger partial charge in [-0.2, -0.15) is 0 Å². The molecule has 21 heavy (non-hydrogen) atoms. The van der Waals surface area contributed by atoms with Gasteiger partial charge in [0.05, 0.1) is 19.3 Å². The van der Waals surface area contributed by atoms with Gasteiger partial charge in [0.15, 0.2) is 12.1 Å². The maximum Gasteiger partial charge on any atom is 0.337 e. The highest BCUT2D eigenvalue weighted by Crippen LogP contribution is 2.07. The zero-order valence-electron chi connectivity index (χ0n) is 12.3. The number of hydrogen-bond donors (Lipinski definition) is 3. The Labute approximate surface area is 123 Å². The van der Waals surface area contributed by atoms with Crippen LogP contribution in [0.15, 0.2) is 0 Å². The first kappa shape index (κ1) is 17.4. The molecule has 1 amide bonds. The molecule has 1 saturated heterocycles. The van der Waals surface area contributed by atoms with Crippen LogP contribution in [-0.2, 0) is 23.9 Å². The average molecular weight is 302 g/mol. The smallest absolute Gasteiger partial charge is 0.337 e. The van der Waals surface area contributed by atoms with Gasteiger partial charge in [-0.1, -0.05) is 0 Å². The quantitative estimate of drug-likeness (QED) is 0.501. The largest absolute Gasteiger partial charge is 0.464 e. The number of hydrogen-bond acceptors (Lipinski definition) is 7. The molecular weight excluding hydrogens is 280 g/mol. The fourth-order valence-corrected chi connectivity index (χ4v) is 2.02. The van der Waals surface area contributed by atoms with E-state index in [1.54, 1.807) is 13.8 Å². The van der Waals surface area contributed by atoms with Crippen molar-refractivity contribution in [2.45, 2.75) is 44.9 Å². The lowest BCUT2D eigenvalue weighted by molar-refractivity contribution is -0.163. The van der Waals surface area contributed by atoms with E-state index in [1.165, 1.54) is 0 Å². The van der Waals surface area contributed by atoms with E-state index in [0.717, 1.165) is 6.42 Å². The standard InChI is InChI=1S/C13H22N2O6/c1-3-20-12(18)9(10(16)13(19)21-4-2)15-11(17)8-6-5-7-14-8/h8-10,14,16H,3-7H2,1-2H3,(H,15,17)/t8-,9?,10+/m0/s1. The molecule has 1 rings (SSSR count). The molecule has 0 bridgehead atoms. The van der Waals surface area contributed by atoms with E-state index in [4.69, 9.17) is 4.74 Å². The van der Waals surface area contributed by atoms with Crippen molar-refractivity contribution in [3.05, 3.63) is 0 Å². The number of ether oxygens (including phenoxy) is 2. The number of carbonyl (C=O) groups is 3. The van der Waals surface area contributed by atoms with Crippen LogP contribution in [0.25, 0.3) is 0 Å². The van der Waals surface area contributed by atoms with Crippen molar-refractivity contribution in [3.63, 3.8) is 0 Å². The van der Waals surface area contributed by atoms with Crippen molar-refractivity contribution in [2.24, 2.45) is 0 Å². The minimum atomic E-state index is -1.80. The SMILES string of the molecule is CCOC(=O)C(NC(=O)[C@@H]1CCCN1)[C@@H](O)C(=O)OCC. The Kier molecular flexibility index (Phi) is 7.10. The van der Waals surface area contributed by atoms with Crippen molar-refractivity contribution < 1.29 is 29.0 Å². The lowest BCUT2D eigenvalue weighted by Gasteiger charge is -2.22. The lowest BCUT2D eigenvalue weighted by atomic mass is 10.1. The highest BCUT2D eigenvalue weighted by Gasteiger charge is 2.37. The predicted molar refractivity (Wildman–Crippen MR) is 72.2 cm³/mol. The van der Waals surface area contributed by atoms with Crippen LogP contribution in [0.3, 0.4) is 0 Å². The first-order chi connectivity index (χ1) is 10.0. The molecule has 0 aliphatic carbocycles. The van der Waals surface area contributed by atoms with Crippen molar-refractivity contribution in [2.75, 3.05) is 19.8 Å². The fraction of sp³-hybridized carbons (Fsp3) is 0.769. The zero-order valence-corrected chi connectivity index (χ0v) is 12.3. The van der Waals surface area contributed by atoms with E-state index in [-0.39, 0.29) is 13.2 Å². The Morgan fingerprint density at radius 2 is 1.86 bits per heavy atom. The van der Waals surface area contributed by atoms with E-state index >= 15 is 0 Å². The average Bonchev–Trinajstić information content (AvgIpc) is 2.98. The minimum Gasteiger partial charge on any atom is -0.464 e. The second-order valence-corrected chi connectivity index (χ2v) is 4.58. The van der Waals surface area contributed by atoms with Gasteiger partial charge in [-0.15, -0.1) is 0 Å². The molecule has 1 aliphatic heterocycles. The van der Waals surface area contributed by atoms with Crippen molar-refractivity contribution in [3.8, 4) is 0 Å². The van der Waals surface area contributed by atoms with Crippen LogP contribution in [0.2, 0.25) is 0 Å². The number of nitrogens with one attached hydrogen (secondary N) is 2. The van der Waals surface area contributed by atoms with Crippen LogP contribution in [0, 0.1) is 0 Å². The molecule has 1 aliphatic rings. The molecule has 3 atom stereocenters. The molecule has 3 N–H and O–H groups in total. The van der Waals surface area contributed by atoms with Crippen LogP contribution in [0.1, 0.15) is 26.7 Å². The minimum absolute atomic E-state index is 0.0591. The van der Waals surface area contributed by atoms with Crippen LogP contribution >= 0.6 is 0 Å². The summed E-state index contributed by atoms with van der Waals surface area (Å²) in [5, 5.41) is 15.2. The Morgan fingerprint density at radius 1 is 1.24 bits per heavy atom. The van der Waals surface area contributed by atoms with Crippen LogP contribution in [0.4, 0.5) is 0 Å². The molecule has 8 nitrogen and oxygen atoms in total. The van der Waals surface area contributed by atoms with Gasteiger partial charge in [0, 0.05) is 0 Å². The summed E-state index contributed by atoms with van der Waals surface area (Å²) in [6.45, 7) is 4.01. The number of esters is 2. The van der Waals surface area contributed by atoms with E-state index in [9.17, 15) is 19.5 Å². The van der Waals surface area contributed by atoms with Gasteiger partial charge in [-0.3, -0.25) is 4.79 Å². The van der Waals surface area contributed by atoms with Crippen molar-refractivity contribution in [1.82, 2.24) is 10.6 Å². The Balaban J connectivity index is 2.73. The molecule has 1 fully saturated rings. The summed E-state index contributed by atoms with van der Waals surface area (Å²) in [6, 6.07) is -1.91. The van der Waals surface area contributed by atoms with Gasteiger partial charge in [-0.25, -0.2) is 9.59 Å². The van der Waals surface area contributed by atoms with Gasteiger partial charge in [-0.05, 0) is 33.2 Å². The number of aliphatic hydroxyl groups excluding tert-OH is 1. The van der Waals surface area contributed by atoms with E-state index in [0.29, 0.717) is 13.0 Å². The third-order valence-electron chi connectivity index (χ3n) is 3.06. The zero-order chi connectivity index (χ0) is 15.8. The highest BCUT2D eigenvalue weighted by molar-refractivity contribution is 5.92. The molecule has 1 unspecified atom stereocenters. The predicted octanol–water partition coefficient (Wildman–Crippen LogP) is -1.29. The summed E-state index contributed by atoms with van der Waals surface area (Å²) in [4.78, 5) is 35.4. The summed E-state index contributed by atoms with van der Waals surface area (Å²) in [7, 11) is 0. The Bertz CT molecular complexity index is 381. The molecule has 8 heteroatoms. The molecular formula is C13H22N2O6.